The molecule has 1 atom stereocenters. The summed E-state index contributed by atoms with van der Waals surface area (Å²) in [6.45, 7) is 9.83. The summed E-state index contributed by atoms with van der Waals surface area (Å²) in [7, 11) is 0. The van der Waals surface area contributed by atoms with E-state index >= 15 is 0 Å². The van der Waals surface area contributed by atoms with Crippen LogP contribution in [-0.4, -0.2) is 14.0 Å². The molecule has 4 rings (SSSR count). The lowest BCUT2D eigenvalue weighted by molar-refractivity contribution is -0.141. The normalized spacial score (nSPS) is 13.1. The topological polar surface area (TPSA) is 22.2 Å². The van der Waals surface area contributed by atoms with Crippen LogP contribution in [0.2, 0.25) is 5.15 Å². The zero-order chi connectivity index (χ0) is 23.9. The maximum atomic E-state index is 14.1. The van der Waals surface area contributed by atoms with Gasteiger partial charge in [-0.3, -0.25) is 8.97 Å². The zero-order valence-electron chi connectivity index (χ0n) is 18.9. The molecule has 1 unspecified atom stereocenters. The Balaban J connectivity index is 1.86. The summed E-state index contributed by atoms with van der Waals surface area (Å²) in [5.41, 5.74) is 4.00. The van der Waals surface area contributed by atoms with Crippen molar-refractivity contribution in [3.8, 4) is 5.69 Å². The van der Waals surface area contributed by atoms with Crippen LogP contribution < -0.4 is 0 Å². The van der Waals surface area contributed by atoms with Crippen molar-refractivity contribution in [3.63, 3.8) is 0 Å². The van der Waals surface area contributed by atoms with E-state index in [1.807, 2.05) is 63.2 Å². The molecular weight excluding hydrogens is 447 g/mol. The maximum Gasteiger partial charge on any atom is 0.435 e. The molecule has 0 saturated heterocycles. The standard InChI is InChI=1S/C26H26ClF3N3/c1-5-19(13-20-9-7-6-8-10-20)14-21-24(26(28,29)30)31-25-32(21)15-22(27)33(25)23-17(3)11-16(2)12-18(23)4/h6-12,15,19H,1,5,13-14H2,2-4H3. The van der Waals surface area contributed by atoms with E-state index in [2.05, 4.69) is 11.9 Å². The number of alkyl halides is 3. The van der Waals surface area contributed by atoms with Gasteiger partial charge >= 0.3 is 6.18 Å². The molecule has 2 aromatic carbocycles. The number of aryl methyl sites for hydroxylation is 3. The summed E-state index contributed by atoms with van der Waals surface area (Å²) in [6.07, 6.45) is -1.70. The van der Waals surface area contributed by atoms with Crippen molar-refractivity contribution >= 4 is 17.4 Å². The van der Waals surface area contributed by atoms with E-state index < -0.39 is 11.9 Å². The van der Waals surface area contributed by atoms with Gasteiger partial charge in [-0.2, -0.15) is 13.2 Å². The highest BCUT2D eigenvalue weighted by molar-refractivity contribution is 6.30. The SMILES string of the molecule is [CH2]CC(Cc1ccccc1)Cc1c(C(F)(F)F)nc2n(-c3c(C)cc(C)cc3C)c(Cl)cn12. The van der Waals surface area contributed by atoms with E-state index in [-0.39, 0.29) is 23.8 Å². The predicted molar refractivity (Wildman–Crippen MR) is 126 cm³/mol. The number of imidazole rings is 2. The van der Waals surface area contributed by atoms with Crippen LogP contribution in [0, 0.1) is 33.6 Å². The second kappa shape index (κ2) is 8.90. The fourth-order valence-corrected chi connectivity index (χ4v) is 4.92. The largest absolute Gasteiger partial charge is 0.435 e. The van der Waals surface area contributed by atoms with Crippen molar-refractivity contribution in [1.82, 2.24) is 14.0 Å². The third-order valence-electron chi connectivity index (χ3n) is 6.03. The van der Waals surface area contributed by atoms with Gasteiger partial charge in [0.05, 0.1) is 11.4 Å². The molecule has 0 N–H and O–H groups in total. The number of halogens is 4. The first-order valence-electron chi connectivity index (χ1n) is 10.9. The monoisotopic (exact) mass is 472 g/mol. The third-order valence-corrected chi connectivity index (χ3v) is 6.29. The Hall–Kier alpha value is -2.73. The first kappa shape index (κ1) is 23.4. The van der Waals surface area contributed by atoms with Gasteiger partial charge in [-0.25, -0.2) is 4.98 Å². The van der Waals surface area contributed by atoms with Gasteiger partial charge in [0.2, 0.25) is 5.78 Å². The summed E-state index contributed by atoms with van der Waals surface area (Å²) < 4.78 is 45.3. The minimum atomic E-state index is -4.57. The average molecular weight is 473 g/mol. The average Bonchev–Trinajstić information content (AvgIpc) is 3.23. The van der Waals surface area contributed by atoms with Gasteiger partial charge in [-0.05, 0) is 62.6 Å². The molecule has 0 aliphatic rings. The van der Waals surface area contributed by atoms with Gasteiger partial charge in [-0.1, -0.05) is 66.6 Å². The maximum absolute atomic E-state index is 14.1. The van der Waals surface area contributed by atoms with Crippen LogP contribution in [0.1, 0.15) is 40.1 Å². The van der Waals surface area contributed by atoms with E-state index in [1.54, 1.807) is 4.57 Å². The van der Waals surface area contributed by atoms with E-state index in [4.69, 9.17) is 11.6 Å². The smallest absolute Gasteiger partial charge is 0.286 e. The lowest BCUT2D eigenvalue weighted by Crippen LogP contribution is -2.15. The van der Waals surface area contributed by atoms with E-state index in [0.29, 0.717) is 18.0 Å². The minimum Gasteiger partial charge on any atom is -0.286 e. The van der Waals surface area contributed by atoms with Crippen molar-refractivity contribution < 1.29 is 13.2 Å². The van der Waals surface area contributed by atoms with Crippen molar-refractivity contribution in [2.45, 2.75) is 46.2 Å². The molecule has 0 saturated carbocycles. The Morgan fingerprint density at radius 3 is 2.24 bits per heavy atom. The summed E-state index contributed by atoms with van der Waals surface area (Å²) >= 11 is 6.57. The van der Waals surface area contributed by atoms with Crippen molar-refractivity contribution in [2.24, 2.45) is 5.92 Å². The number of fused-ring (bicyclic) bond motifs is 1. The van der Waals surface area contributed by atoms with Gasteiger partial charge in [0, 0.05) is 6.20 Å². The Bertz CT molecular complexity index is 1260. The Morgan fingerprint density at radius 1 is 1.03 bits per heavy atom. The van der Waals surface area contributed by atoms with Gasteiger partial charge < -0.3 is 0 Å². The fraction of sp³-hybridized carbons (Fsp3) is 0.308. The molecule has 1 radical (unpaired) electrons. The summed E-state index contributed by atoms with van der Waals surface area (Å²) in [5.74, 6) is 0.0956. The molecule has 7 heteroatoms. The third kappa shape index (κ3) is 4.54. The zero-order valence-corrected chi connectivity index (χ0v) is 19.6. The van der Waals surface area contributed by atoms with Crippen LogP contribution in [-0.2, 0) is 19.0 Å². The minimum absolute atomic E-state index is 0.0710. The summed E-state index contributed by atoms with van der Waals surface area (Å²) in [6, 6.07) is 13.7. The van der Waals surface area contributed by atoms with Crippen molar-refractivity contribution in [1.29, 1.82) is 0 Å². The molecule has 0 amide bonds. The van der Waals surface area contributed by atoms with Crippen LogP contribution in [0.15, 0.2) is 48.7 Å². The Morgan fingerprint density at radius 2 is 1.67 bits per heavy atom. The number of rotatable bonds is 6. The molecule has 0 aliphatic carbocycles. The number of hydrogen-bond acceptors (Lipinski definition) is 1. The van der Waals surface area contributed by atoms with Crippen LogP contribution in [0.5, 0.6) is 0 Å². The van der Waals surface area contributed by atoms with Gasteiger partial charge in [0.1, 0.15) is 5.15 Å². The summed E-state index contributed by atoms with van der Waals surface area (Å²) in [4.78, 5) is 4.08. The van der Waals surface area contributed by atoms with E-state index in [0.717, 1.165) is 27.9 Å². The predicted octanol–water partition coefficient (Wildman–Crippen LogP) is 7.35. The van der Waals surface area contributed by atoms with Crippen LogP contribution in [0.4, 0.5) is 13.2 Å². The molecule has 0 fully saturated rings. The highest BCUT2D eigenvalue weighted by Gasteiger charge is 2.39. The van der Waals surface area contributed by atoms with Gasteiger partial charge in [-0.15, -0.1) is 0 Å². The van der Waals surface area contributed by atoms with Gasteiger partial charge in [0.15, 0.2) is 5.69 Å². The summed E-state index contributed by atoms with van der Waals surface area (Å²) in [5, 5.41) is 0.316. The molecule has 33 heavy (non-hydrogen) atoms. The number of benzene rings is 2. The second-order valence-corrected chi connectivity index (χ2v) is 9.05. The quantitative estimate of drug-likeness (QED) is 0.287. The number of nitrogens with zero attached hydrogens (tertiary/aromatic N) is 3. The highest BCUT2D eigenvalue weighted by atomic mass is 35.5. The molecule has 4 aromatic rings. The number of hydrogen-bond donors (Lipinski definition) is 0. The number of aromatic nitrogens is 3. The van der Waals surface area contributed by atoms with Crippen LogP contribution in [0.3, 0.4) is 0 Å². The highest BCUT2D eigenvalue weighted by Crippen LogP contribution is 2.37. The Labute approximate surface area is 196 Å². The molecule has 173 valence electrons. The van der Waals surface area contributed by atoms with Crippen molar-refractivity contribution in [2.75, 3.05) is 0 Å². The first-order chi connectivity index (χ1) is 15.6. The lowest BCUT2D eigenvalue weighted by atomic mass is 9.92. The molecule has 2 aromatic heterocycles. The Kier molecular flexibility index (Phi) is 6.32. The van der Waals surface area contributed by atoms with Crippen molar-refractivity contribution in [3.05, 3.63) is 94.4 Å². The molecule has 2 heterocycles. The molecule has 0 bridgehead atoms. The first-order valence-corrected chi connectivity index (χ1v) is 11.2. The lowest BCUT2D eigenvalue weighted by Gasteiger charge is -2.16. The van der Waals surface area contributed by atoms with E-state index in [1.165, 1.54) is 10.6 Å². The molecule has 0 aliphatic heterocycles. The fourth-order valence-electron chi connectivity index (χ4n) is 4.66. The molecular formula is C26H26ClF3N3. The van der Waals surface area contributed by atoms with Crippen LogP contribution >= 0.6 is 11.6 Å². The van der Waals surface area contributed by atoms with Gasteiger partial charge in [0.25, 0.3) is 0 Å². The van der Waals surface area contributed by atoms with Crippen LogP contribution in [0.25, 0.3) is 11.5 Å². The van der Waals surface area contributed by atoms with E-state index in [9.17, 15) is 13.2 Å². The second-order valence-electron chi connectivity index (χ2n) is 8.66. The molecule has 3 nitrogen and oxygen atoms in total. The molecule has 0 spiro atoms.